The minimum Gasteiger partial charge on any atom is -0.294 e. The summed E-state index contributed by atoms with van der Waals surface area (Å²) >= 11 is 5.48. The van der Waals surface area contributed by atoms with Gasteiger partial charge in [-0.1, -0.05) is 18.5 Å². The Labute approximate surface area is 81.5 Å². The molecular formula is C10H10ClFO. The van der Waals surface area contributed by atoms with E-state index in [0.29, 0.717) is 12.0 Å². The first-order chi connectivity index (χ1) is 6.15. The third-order valence-corrected chi connectivity index (χ3v) is 2.03. The summed E-state index contributed by atoms with van der Waals surface area (Å²) in [5.74, 6) is -0.582. The highest BCUT2D eigenvalue weighted by molar-refractivity contribution is 6.30. The fourth-order valence-electron chi connectivity index (χ4n) is 1.04. The van der Waals surface area contributed by atoms with Crippen molar-refractivity contribution in [2.75, 3.05) is 0 Å². The maximum Gasteiger partial charge on any atom is 0.162 e. The normalized spacial score (nSPS) is 10.1. The van der Waals surface area contributed by atoms with Gasteiger partial charge in [0.2, 0.25) is 0 Å². The summed E-state index contributed by atoms with van der Waals surface area (Å²) in [5.41, 5.74) is 0.392. The van der Waals surface area contributed by atoms with Crippen LogP contribution in [0.1, 0.15) is 30.1 Å². The number of carbonyl (C=O) groups excluding carboxylic acids is 1. The molecule has 0 bridgehead atoms. The second-order valence-corrected chi connectivity index (χ2v) is 3.21. The summed E-state index contributed by atoms with van der Waals surface area (Å²) in [7, 11) is 0. The monoisotopic (exact) mass is 200 g/mol. The topological polar surface area (TPSA) is 17.1 Å². The third kappa shape index (κ3) is 2.52. The minimum atomic E-state index is -0.538. The Bertz CT molecular complexity index is 323. The molecule has 0 aromatic heterocycles. The lowest BCUT2D eigenvalue weighted by Gasteiger charge is -1.99. The molecule has 0 heterocycles. The van der Waals surface area contributed by atoms with Crippen molar-refractivity contribution in [3.05, 3.63) is 34.6 Å². The van der Waals surface area contributed by atoms with Gasteiger partial charge >= 0.3 is 0 Å². The Hall–Kier alpha value is -0.890. The lowest BCUT2D eigenvalue weighted by molar-refractivity contribution is 0.0981. The standard InChI is InChI=1S/C10H10ClFO/c1-2-3-10(13)7-4-5-8(11)9(12)6-7/h4-6H,2-3H2,1H3. The van der Waals surface area contributed by atoms with Gasteiger partial charge in [0.15, 0.2) is 5.78 Å². The molecule has 0 saturated carbocycles. The van der Waals surface area contributed by atoms with Gasteiger partial charge in [-0.3, -0.25) is 4.79 Å². The largest absolute Gasteiger partial charge is 0.294 e. The quantitative estimate of drug-likeness (QED) is 0.683. The van der Waals surface area contributed by atoms with E-state index >= 15 is 0 Å². The Morgan fingerprint density at radius 2 is 2.23 bits per heavy atom. The Morgan fingerprint density at radius 1 is 1.54 bits per heavy atom. The molecule has 1 rings (SSSR count). The van der Waals surface area contributed by atoms with E-state index in [1.807, 2.05) is 6.92 Å². The number of hydrogen-bond acceptors (Lipinski definition) is 1. The molecule has 0 N–H and O–H groups in total. The van der Waals surface area contributed by atoms with Crippen LogP contribution in [0, 0.1) is 5.82 Å². The van der Waals surface area contributed by atoms with Crippen LogP contribution in [-0.2, 0) is 0 Å². The zero-order chi connectivity index (χ0) is 9.84. The summed E-state index contributed by atoms with van der Waals surface area (Å²) in [6, 6.07) is 4.13. The first kappa shape index (κ1) is 10.2. The van der Waals surface area contributed by atoms with E-state index < -0.39 is 5.82 Å². The number of benzene rings is 1. The summed E-state index contributed by atoms with van der Waals surface area (Å²) in [6.45, 7) is 1.91. The van der Waals surface area contributed by atoms with E-state index in [2.05, 4.69) is 0 Å². The Morgan fingerprint density at radius 3 is 2.77 bits per heavy atom. The molecule has 0 atom stereocenters. The first-order valence-electron chi connectivity index (χ1n) is 4.13. The molecule has 0 radical (unpaired) electrons. The first-order valence-corrected chi connectivity index (χ1v) is 4.51. The van der Waals surface area contributed by atoms with E-state index in [9.17, 15) is 9.18 Å². The summed E-state index contributed by atoms with van der Waals surface area (Å²) in [4.78, 5) is 11.3. The molecule has 3 heteroatoms. The van der Waals surface area contributed by atoms with Crippen LogP contribution >= 0.6 is 11.6 Å². The summed E-state index contributed by atoms with van der Waals surface area (Å²) in [5, 5.41) is 0.0491. The van der Waals surface area contributed by atoms with Gasteiger partial charge in [0, 0.05) is 12.0 Å². The van der Waals surface area contributed by atoms with Crippen LogP contribution < -0.4 is 0 Å². The maximum absolute atomic E-state index is 12.9. The Balaban J connectivity index is 2.90. The smallest absolute Gasteiger partial charge is 0.162 e. The predicted molar refractivity (Wildman–Crippen MR) is 50.6 cm³/mol. The van der Waals surface area contributed by atoms with Gasteiger partial charge in [-0.25, -0.2) is 4.39 Å². The highest BCUT2D eigenvalue weighted by Gasteiger charge is 2.07. The number of ketones is 1. The van der Waals surface area contributed by atoms with Gasteiger partial charge in [0.1, 0.15) is 5.82 Å². The SMILES string of the molecule is CCCC(=O)c1ccc(Cl)c(F)c1. The molecule has 0 aliphatic heterocycles. The molecule has 0 spiro atoms. The fourth-order valence-corrected chi connectivity index (χ4v) is 1.16. The fraction of sp³-hybridized carbons (Fsp3) is 0.300. The van der Waals surface area contributed by atoms with Crippen LogP contribution in [-0.4, -0.2) is 5.78 Å². The molecule has 13 heavy (non-hydrogen) atoms. The van der Waals surface area contributed by atoms with Gasteiger partial charge in [-0.2, -0.15) is 0 Å². The average molecular weight is 201 g/mol. The van der Waals surface area contributed by atoms with E-state index in [0.717, 1.165) is 6.42 Å². The van der Waals surface area contributed by atoms with E-state index in [-0.39, 0.29) is 10.8 Å². The van der Waals surface area contributed by atoms with Gasteiger partial charge in [0.25, 0.3) is 0 Å². The number of halogens is 2. The lowest BCUT2D eigenvalue weighted by Crippen LogP contribution is -1.98. The number of carbonyl (C=O) groups is 1. The van der Waals surface area contributed by atoms with Crippen LogP contribution in [0.3, 0.4) is 0 Å². The molecule has 0 saturated heterocycles. The maximum atomic E-state index is 12.9. The van der Waals surface area contributed by atoms with Crippen LogP contribution in [0.25, 0.3) is 0 Å². The van der Waals surface area contributed by atoms with Crippen molar-refractivity contribution in [1.82, 2.24) is 0 Å². The van der Waals surface area contributed by atoms with Crippen molar-refractivity contribution in [2.45, 2.75) is 19.8 Å². The lowest BCUT2D eigenvalue weighted by atomic mass is 10.1. The number of hydrogen-bond donors (Lipinski definition) is 0. The molecule has 0 amide bonds. The zero-order valence-electron chi connectivity index (χ0n) is 7.31. The third-order valence-electron chi connectivity index (χ3n) is 1.72. The van der Waals surface area contributed by atoms with Crippen molar-refractivity contribution in [3.8, 4) is 0 Å². The van der Waals surface area contributed by atoms with E-state index in [1.54, 1.807) is 6.07 Å². The molecule has 0 unspecified atom stereocenters. The van der Waals surface area contributed by atoms with Crippen molar-refractivity contribution in [3.63, 3.8) is 0 Å². The van der Waals surface area contributed by atoms with Crippen LogP contribution in [0.15, 0.2) is 18.2 Å². The molecule has 1 aromatic carbocycles. The predicted octanol–water partition coefficient (Wildman–Crippen LogP) is 3.46. The summed E-state index contributed by atoms with van der Waals surface area (Å²) in [6.07, 6.45) is 1.21. The molecule has 1 nitrogen and oxygen atoms in total. The van der Waals surface area contributed by atoms with Crippen LogP contribution in [0.5, 0.6) is 0 Å². The van der Waals surface area contributed by atoms with Crippen LogP contribution in [0.4, 0.5) is 4.39 Å². The second kappa shape index (κ2) is 4.38. The zero-order valence-corrected chi connectivity index (χ0v) is 8.07. The van der Waals surface area contributed by atoms with Crippen LogP contribution in [0.2, 0.25) is 5.02 Å². The van der Waals surface area contributed by atoms with Crippen molar-refractivity contribution in [1.29, 1.82) is 0 Å². The van der Waals surface area contributed by atoms with Gasteiger partial charge in [-0.15, -0.1) is 0 Å². The second-order valence-electron chi connectivity index (χ2n) is 2.80. The highest BCUT2D eigenvalue weighted by Crippen LogP contribution is 2.16. The molecule has 0 fully saturated rings. The average Bonchev–Trinajstić information content (AvgIpc) is 2.10. The molecular weight excluding hydrogens is 191 g/mol. The van der Waals surface area contributed by atoms with Crippen molar-refractivity contribution in [2.24, 2.45) is 0 Å². The molecule has 70 valence electrons. The molecule has 0 aliphatic carbocycles. The van der Waals surface area contributed by atoms with E-state index in [1.165, 1.54) is 12.1 Å². The van der Waals surface area contributed by atoms with Gasteiger partial charge in [0.05, 0.1) is 5.02 Å². The summed E-state index contributed by atoms with van der Waals surface area (Å²) < 4.78 is 12.9. The number of rotatable bonds is 3. The van der Waals surface area contributed by atoms with E-state index in [4.69, 9.17) is 11.6 Å². The Kier molecular flexibility index (Phi) is 3.43. The van der Waals surface area contributed by atoms with Crippen molar-refractivity contribution < 1.29 is 9.18 Å². The van der Waals surface area contributed by atoms with Gasteiger partial charge in [-0.05, 0) is 24.6 Å². The highest BCUT2D eigenvalue weighted by atomic mass is 35.5. The van der Waals surface area contributed by atoms with Crippen molar-refractivity contribution >= 4 is 17.4 Å². The molecule has 1 aromatic rings. The number of Topliss-reactive ketones (excluding diaryl/α,β-unsaturated/α-hetero) is 1. The molecule has 0 aliphatic rings. The van der Waals surface area contributed by atoms with Gasteiger partial charge < -0.3 is 0 Å². The minimum absolute atomic E-state index is 0.0435.